The van der Waals surface area contributed by atoms with Crippen LogP contribution in [0.3, 0.4) is 0 Å². The van der Waals surface area contributed by atoms with Gasteiger partial charge in [0.1, 0.15) is 0 Å². The van der Waals surface area contributed by atoms with Crippen LogP contribution in [0.2, 0.25) is 0 Å². The van der Waals surface area contributed by atoms with Gasteiger partial charge in [-0.15, -0.1) is 0 Å². The molecular formula is C20H29NO. The minimum atomic E-state index is 0.325. The van der Waals surface area contributed by atoms with E-state index in [4.69, 9.17) is 4.74 Å². The van der Waals surface area contributed by atoms with E-state index in [1.54, 1.807) is 0 Å². The summed E-state index contributed by atoms with van der Waals surface area (Å²) in [5.74, 6) is 3.87. The Labute approximate surface area is 134 Å². The number of nitrogens with zero attached hydrogens (tertiary/aromatic N) is 1. The van der Waals surface area contributed by atoms with Crippen LogP contribution in [0.5, 0.6) is 0 Å². The van der Waals surface area contributed by atoms with Crippen molar-refractivity contribution in [1.82, 2.24) is 0 Å². The van der Waals surface area contributed by atoms with Gasteiger partial charge in [0.25, 0.3) is 0 Å². The van der Waals surface area contributed by atoms with Crippen molar-refractivity contribution in [2.45, 2.75) is 77.4 Å². The third kappa shape index (κ3) is 1.59. The molecule has 5 rings (SSSR count). The maximum absolute atomic E-state index is 9.58. The lowest BCUT2D eigenvalue weighted by Gasteiger charge is -2.59. The van der Waals surface area contributed by atoms with Crippen LogP contribution in [0.25, 0.3) is 0 Å². The summed E-state index contributed by atoms with van der Waals surface area (Å²) in [5.41, 5.74) is 0.860. The Kier molecular flexibility index (Phi) is 2.70. The molecule has 4 saturated carbocycles. The van der Waals surface area contributed by atoms with Crippen molar-refractivity contribution in [2.24, 2.45) is 40.4 Å². The molecule has 0 spiro atoms. The molecule has 2 nitrogen and oxygen atoms in total. The zero-order chi connectivity index (χ0) is 15.1. The summed E-state index contributed by atoms with van der Waals surface area (Å²) in [4.78, 5) is 0. The molecule has 0 aromatic carbocycles. The summed E-state index contributed by atoms with van der Waals surface area (Å²) in [6.45, 7) is 5.05. The minimum absolute atomic E-state index is 0.325. The van der Waals surface area contributed by atoms with E-state index in [9.17, 15) is 5.26 Å². The van der Waals surface area contributed by atoms with E-state index >= 15 is 0 Å². The first kappa shape index (κ1) is 13.8. The van der Waals surface area contributed by atoms with Gasteiger partial charge in [0.2, 0.25) is 0 Å². The fraction of sp³-hybridized carbons (Fsp3) is 0.950. The molecule has 2 heteroatoms. The van der Waals surface area contributed by atoms with Gasteiger partial charge < -0.3 is 4.74 Å². The number of nitriles is 1. The van der Waals surface area contributed by atoms with Crippen LogP contribution in [-0.4, -0.2) is 12.2 Å². The van der Waals surface area contributed by atoms with Crippen molar-refractivity contribution in [3.05, 3.63) is 0 Å². The molecule has 1 heterocycles. The molecule has 22 heavy (non-hydrogen) atoms. The first-order valence-electron chi connectivity index (χ1n) is 9.61. The Bertz CT molecular complexity index is 538. The Morgan fingerprint density at radius 1 is 0.955 bits per heavy atom. The monoisotopic (exact) mass is 299 g/mol. The number of ether oxygens (including phenoxy) is 1. The molecule has 4 aliphatic carbocycles. The first-order valence-corrected chi connectivity index (χ1v) is 9.61. The topological polar surface area (TPSA) is 36.3 Å². The Balaban J connectivity index is 1.47. The SMILES string of the molecule is C[C@]12C[C@H]3O[C@H]3C[C@@H]1CC[C@@H]1[C@@H]2CC[C@]2(C)[C@@H](C#N)CC[C@@H]12. The lowest BCUT2D eigenvalue weighted by molar-refractivity contribution is -0.103. The van der Waals surface area contributed by atoms with Crippen LogP contribution in [0.1, 0.15) is 65.2 Å². The summed E-state index contributed by atoms with van der Waals surface area (Å²) in [5, 5.41) is 9.58. The Morgan fingerprint density at radius 2 is 1.77 bits per heavy atom. The van der Waals surface area contributed by atoms with Crippen molar-refractivity contribution >= 4 is 0 Å². The van der Waals surface area contributed by atoms with Crippen molar-refractivity contribution < 1.29 is 4.74 Å². The lowest BCUT2D eigenvalue weighted by atomic mass is 9.45. The van der Waals surface area contributed by atoms with Gasteiger partial charge in [-0.25, -0.2) is 0 Å². The quantitative estimate of drug-likeness (QED) is 0.615. The third-order valence-corrected chi connectivity index (χ3v) is 9.07. The van der Waals surface area contributed by atoms with Crippen molar-refractivity contribution in [3.63, 3.8) is 0 Å². The number of fused-ring (bicyclic) bond motifs is 6. The predicted octanol–water partition coefficient (Wildman–Crippen LogP) is 4.55. The maximum Gasteiger partial charge on any atom is 0.0847 e. The van der Waals surface area contributed by atoms with Crippen LogP contribution in [0.15, 0.2) is 0 Å². The highest BCUT2D eigenvalue weighted by molar-refractivity contribution is 5.14. The van der Waals surface area contributed by atoms with E-state index in [1.165, 1.54) is 44.9 Å². The molecule has 0 N–H and O–H groups in total. The fourth-order valence-electron chi connectivity index (χ4n) is 7.73. The molecule has 0 bridgehead atoms. The zero-order valence-corrected chi connectivity index (χ0v) is 14.1. The number of rotatable bonds is 0. The summed E-state index contributed by atoms with van der Waals surface area (Å²) in [6, 6.07) is 2.66. The molecule has 1 saturated heterocycles. The summed E-state index contributed by atoms with van der Waals surface area (Å²) < 4.78 is 5.91. The van der Waals surface area contributed by atoms with Gasteiger partial charge in [-0.3, -0.25) is 0 Å². The summed E-state index contributed by atoms with van der Waals surface area (Å²) in [6.07, 6.45) is 11.9. The molecule has 0 unspecified atom stereocenters. The molecule has 0 aromatic rings. The van der Waals surface area contributed by atoms with Crippen LogP contribution in [0, 0.1) is 51.8 Å². The number of hydrogen-bond donors (Lipinski definition) is 0. The minimum Gasteiger partial charge on any atom is -0.370 e. The molecule has 0 amide bonds. The standard InChI is InChI=1S/C20H29NO/c1-19-8-7-16-14(15(19)6-4-13(19)11-21)5-3-12-9-17-18(22-17)10-20(12,16)2/h12-18H,3-10H2,1-2H3/t12-,13+,14-,15-,16-,17-,18+,19+,20-/m0/s1. The molecule has 120 valence electrons. The van der Waals surface area contributed by atoms with E-state index in [0.717, 1.165) is 30.1 Å². The van der Waals surface area contributed by atoms with Gasteiger partial charge in [-0.05, 0) is 85.9 Å². The third-order valence-electron chi connectivity index (χ3n) is 9.07. The van der Waals surface area contributed by atoms with Gasteiger partial charge in [0, 0.05) is 0 Å². The lowest BCUT2D eigenvalue weighted by Crippen LogP contribution is -2.53. The average molecular weight is 299 g/mol. The van der Waals surface area contributed by atoms with Crippen LogP contribution >= 0.6 is 0 Å². The predicted molar refractivity (Wildman–Crippen MR) is 84.9 cm³/mol. The molecule has 0 radical (unpaired) electrons. The van der Waals surface area contributed by atoms with Crippen LogP contribution in [0.4, 0.5) is 0 Å². The van der Waals surface area contributed by atoms with Gasteiger partial charge in [-0.1, -0.05) is 13.8 Å². The van der Waals surface area contributed by atoms with E-state index in [2.05, 4.69) is 19.9 Å². The molecule has 0 aromatic heterocycles. The molecule has 5 aliphatic rings. The Hall–Kier alpha value is -0.550. The van der Waals surface area contributed by atoms with E-state index in [-0.39, 0.29) is 0 Å². The first-order chi connectivity index (χ1) is 10.6. The van der Waals surface area contributed by atoms with Crippen molar-refractivity contribution in [3.8, 4) is 6.07 Å². The second-order valence-corrected chi connectivity index (χ2v) is 9.61. The Morgan fingerprint density at radius 3 is 2.59 bits per heavy atom. The smallest absolute Gasteiger partial charge is 0.0847 e. The average Bonchev–Trinajstić information content (AvgIpc) is 3.14. The van der Waals surface area contributed by atoms with E-state index in [0.29, 0.717) is 29.0 Å². The van der Waals surface area contributed by atoms with Gasteiger partial charge in [0.15, 0.2) is 0 Å². The van der Waals surface area contributed by atoms with E-state index < -0.39 is 0 Å². The second-order valence-electron chi connectivity index (χ2n) is 9.61. The van der Waals surface area contributed by atoms with Crippen molar-refractivity contribution in [1.29, 1.82) is 5.26 Å². The van der Waals surface area contributed by atoms with Crippen LogP contribution < -0.4 is 0 Å². The fourth-order valence-corrected chi connectivity index (χ4v) is 7.73. The number of hydrogen-bond acceptors (Lipinski definition) is 2. The molecular weight excluding hydrogens is 270 g/mol. The molecule has 9 atom stereocenters. The largest absolute Gasteiger partial charge is 0.370 e. The summed E-state index contributed by atoms with van der Waals surface area (Å²) in [7, 11) is 0. The van der Waals surface area contributed by atoms with Gasteiger partial charge >= 0.3 is 0 Å². The molecule has 5 fully saturated rings. The van der Waals surface area contributed by atoms with Crippen LogP contribution in [-0.2, 0) is 4.74 Å². The van der Waals surface area contributed by atoms with E-state index in [1.807, 2.05) is 0 Å². The zero-order valence-electron chi connectivity index (χ0n) is 14.1. The summed E-state index contributed by atoms with van der Waals surface area (Å²) >= 11 is 0. The van der Waals surface area contributed by atoms with Crippen molar-refractivity contribution in [2.75, 3.05) is 0 Å². The highest BCUT2D eigenvalue weighted by Gasteiger charge is 2.63. The highest BCUT2D eigenvalue weighted by atomic mass is 16.6. The maximum atomic E-state index is 9.58. The highest BCUT2D eigenvalue weighted by Crippen LogP contribution is 2.68. The van der Waals surface area contributed by atoms with Gasteiger partial charge in [0.05, 0.1) is 24.2 Å². The normalized spacial score (nSPS) is 62.1. The number of epoxide rings is 1. The van der Waals surface area contributed by atoms with Gasteiger partial charge in [-0.2, -0.15) is 5.26 Å². The molecule has 1 aliphatic heterocycles. The second kappa shape index (κ2) is 4.29.